The molecule has 24 heavy (non-hydrogen) atoms. The van der Waals surface area contributed by atoms with Gasteiger partial charge in [0.15, 0.2) is 0 Å². The minimum absolute atomic E-state index is 0.0454. The number of benzene rings is 2. The van der Waals surface area contributed by atoms with E-state index in [0.29, 0.717) is 6.54 Å². The standard InChI is InChI=1S/C19H19FN2O2/c20-16-10-5-4-9-15(16)19(24)21-13-18(23)22-12-6-11-17(22)14-7-2-1-3-8-14/h1-5,7-10,17H,6,11-13H2,(H,21,24)/t17-/m1/s1. The first-order valence-electron chi connectivity index (χ1n) is 8.04. The summed E-state index contributed by atoms with van der Waals surface area (Å²) in [5.41, 5.74) is 1.05. The Balaban J connectivity index is 1.62. The number of halogens is 1. The molecule has 1 fully saturated rings. The van der Waals surface area contributed by atoms with Crippen molar-refractivity contribution in [3.8, 4) is 0 Å². The van der Waals surface area contributed by atoms with Gasteiger partial charge in [-0.1, -0.05) is 42.5 Å². The quantitative estimate of drug-likeness (QED) is 0.939. The van der Waals surface area contributed by atoms with E-state index in [1.165, 1.54) is 18.2 Å². The summed E-state index contributed by atoms with van der Waals surface area (Å²) in [6.07, 6.45) is 1.85. The first kappa shape index (κ1) is 16.2. The van der Waals surface area contributed by atoms with E-state index in [1.807, 2.05) is 30.3 Å². The molecule has 0 radical (unpaired) electrons. The van der Waals surface area contributed by atoms with Crippen LogP contribution in [0.25, 0.3) is 0 Å². The van der Waals surface area contributed by atoms with Crippen molar-refractivity contribution >= 4 is 11.8 Å². The fourth-order valence-corrected chi connectivity index (χ4v) is 3.08. The topological polar surface area (TPSA) is 49.4 Å². The summed E-state index contributed by atoms with van der Waals surface area (Å²) < 4.78 is 13.6. The molecular weight excluding hydrogens is 307 g/mol. The molecule has 2 amide bonds. The van der Waals surface area contributed by atoms with E-state index < -0.39 is 11.7 Å². The van der Waals surface area contributed by atoms with Crippen molar-refractivity contribution in [2.75, 3.05) is 13.1 Å². The Bertz CT molecular complexity index is 733. The van der Waals surface area contributed by atoms with E-state index in [0.717, 1.165) is 18.4 Å². The highest BCUT2D eigenvalue weighted by atomic mass is 19.1. The summed E-state index contributed by atoms with van der Waals surface area (Å²) in [5.74, 6) is -1.31. The average Bonchev–Trinajstić information content (AvgIpc) is 3.10. The number of hydrogen-bond donors (Lipinski definition) is 1. The smallest absolute Gasteiger partial charge is 0.254 e. The lowest BCUT2D eigenvalue weighted by atomic mass is 10.0. The second-order valence-corrected chi connectivity index (χ2v) is 5.82. The Morgan fingerprint density at radius 2 is 1.79 bits per heavy atom. The number of amides is 2. The Morgan fingerprint density at radius 3 is 2.54 bits per heavy atom. The molecule has 0 aliphatic carbocycles. The zero-order chi connectivity index (χ0) is 16.9. The number of likely N-dealkylation sites (tertiary alicyclic amines) is 1. The highest BCUT2D eigenvalue weighted by molar-refractivity contribution is 5.96. The molecule has 0 aromatic heterocycles. The Morgan fingerprint density at radius 1 is 1.08 bits per heavy atom. The summed E-state index contributed by atoms with van der Waals surface area (Å²) >= 11 is 0. The van der Waals surface area contributed by atoms with Gasteiger partial charge in [0.05, 0.1) is 18.2 Å². The molecule has 124 valence electrons. The van der Waals surface area contributed by atoms with Crippen molar-refractivity contribution in [1.82, 2.24) is 10.2 Å². The SMILES string of the molecule is O=C(NCC(=O)N1CCC[C@@H]1c1ccccc1)c1ccccc1F. The maximum Gasteiger partial charge on any atom is 0.254 e. The molecule has 1 heterocycles. The maximum absolute atomic E-state index is 13.6. The fraction of sp³-hybridized carbons (Fsp3) is 0.263. The van der Waals surface area contributed by atoms with Crippen molar-refractivity contribution < 1.29 is 14.0 Å². The molecule has 1 atom stereocenters. The number of nitrogens with zero attached hydrogens (tertiary/aromatic N) is 1. The van der Waals surface area contributed by atoms with Crippen LogP contribution < -0.4 is 5.32 Å². The third kappa shape index (κ3) is 3.45. The average molecular weight is 326 g/mol. The van der Waals surface area contributed by atoms with E-state index in [1.54, 1.807) is 11.0 Å². The van der Waals surface area contributed by atoms with Crippen LogP contribution in [0.15, 0.2) is 54.6 Å². The van der Waals surface area contributed by atoms with Crippen molar-refractivity contribution in [2.45, 2.75) is 18.9 Å². The highest BCUT2D eigenvalue weighted by Crippen LogP contribution is 2.31. The van der Waals surface area contributed by atoms with Gasteiger partial charge in [0.1, 0.15) is 5.82 Å². The summed E-state index contributed by atoms with van der Waals surface area (Å²) in [6.45, 7) is 0.546. The molecule has 1 aliphatic heterocycles. The predicted molar refractivity (Wildman–Crippen MR) is 88.9 cm³/mol. The van der Waals surface area contributed by atoms with Gasteiger partial charge in [0.25, 0.3) is 5.91 Å². The Kier molecular flexibility index (Phi) is 4.89. The van der Waals surface area contributed by atoms with Crippen molar-refractivity contribution in [3.05, 3.63) is 71.5 Å². The van der Waals surface area contributed by atoms with Gasteiger partial charge in [-0.3, -0.25) is 9.59 Å². The van der Waals surface area contributed by atoms with Gasteiger partial charge in [-0.05, 0) is 30.5 Å². The molecule has 5 heteroatoms. The van der Waals surface area contributed by atoms with Crippen LogP contribution in [0.1, 0.15) is 34.8 Å². The molecule has 0 saturated carbocycles. The predicted octanol–water partition coefficient (Wildman–Crippen LogP) is 2.92. The van der Waals surface area contributed by atoms with Crippen molar-refractivity contribution in [2.24, 2.45) is 0 Å². The molecule has 0 bridgehead atoms. The van der Waals surface area contributed by atoms with Gasteiger partial charge in [0, 0.05) is 6.54 Å². The summed E-state index contributed by atoms with van der Waals surface area (Å²) in [7, 11) is 0. The maximum atomic E-state index is 13.6. The molecule has 3 rings (SSSR count). The Hall–Kier alpha value is -2.69. The highest BCUT2D eigenvalue weighted by Gasteiger charge is 2.29. The zero-order valence-electron chi connectivity index (χ0n) is 13.2. The molecule has 1 aliphatic rings. The number of carbonyl (C=O) groups excluding carboxylic acids is 2. The first-order chi connectivity index (χ1) is 11.7. The van der Waals surface area contributed by atoms with Crippen LogP contribution in [-0.4, -0.2) is 29.8 Å². The lowest BCUT2D eigenvalue weighted by molar-refractivity contribution is -0.131. The van der Waals surface area contributed by atoms with Crippen LogP contribution in [0.5, 0.6) is 0 Å². The van der Waals surface area contributed by atoms with Crippen LogP contribution in [0, 0.1) is 5.82 Å². The number of nitrogens with one attached hydrogen (secondary N) is 1. The minimum Gasteiger partial charge on any atom is -0.343 e. The van der Waals surface area contributed by atoms with Gasteiger partial charge in [-0.25, -0.2) is 4.39 Å². The third-order valence-corrected chi connectivity index (χ3v) is 4.28. The van der Waals surface area contributed by atoms with E-state index >= 15 is 0 Å². The zero-order valence-corrected chi connectivity index (χ0v) is 13.2. The van der Waals surface area contributed by atoms with E-state index in [-0.39, 0.29) is 24.1 Å². The van der Waals surface area contributed by atoms with Gasteiger partial charge < -0.3 is 10.2 Å². The number of rotatable bonds is 4. The largest absolute Gasteiger partial charge is 0.343 e. The Labute approximate surface area is 140 Å². The fourth-order valence-electron chi connectivity index (χ4n) is 3.08. The van der Waals surface area contributed by atoms with Crippen LogP contribution in [0.2, 0.25) is 0 Å². The monoisotopic (exact) mass is 326 g/mol. The number of carbonyl (C=O) groups is 2. The van der Waals surface area contributed by atoms with E-state index in [9.17, 15) is 14.0 Å². The summed E-state index contributed by atoms with van der Waals surface area (Å²) in [6, 6.07) is 15.6. The van der Waals surface area contributed by atoms with Gasteiger partial charge >= 0.3 is 0 Å². The molecule has 1 N–H and O–H groups in total. The van der Waals surface area contributed by atoms with E-state index in [4.69, 9.17) is 0 Å². The molecule has 0 unspecified atom stereocenters. The van der Waals surface area contributed by atoms with E-state index in [2.05, 4.69) is 5.32 Å². The van der Waals surface area contributed by atoms with Gasteiger partial charge in [-0.15, -0.1) is 0 Å². The minimum atomic E-state index is -0.592. The summed E-state index contributed by atoms with van der Waals surface area (Å²) in [4.78, 5) is 26.3. The van der Waals surface area contributed by atoms with Crippen LogP contribution in [0.4, 0.5) is 4.39 Å². The van der Waals surface area contributed by atoms with Crippen molar-refractivity contribution in [3.63, 3.8) is 0 Å². The summed E-state index contributed by atoms with van der Waals surface area (Å²) in [5, 5.41) is 2.52. The van der Waals surface area contributed by atoms with Crippen LogP contribution in [0.3, 0.4) is 0 Å². The van der Waals surface area contributed by atoms with Crippen molar-refractivity contribution in [1.29, 1.82) is 0 Å². The molecule has 4 nitrogen and oxygen atoms in total. The second-order valence-electron chi connectivity index (χ2n) is 5.82. The van der Waals surface area contributed by atoms with Gasteiger partial charge in [0.2, 0.25) is 5.91 Å². The lowest BCUT2D eigenvalue weighted by Crippen LogP contribution is -2.40. The van der Waals surface area contributed by atoms with Gasteiger partial charge in [-0.2, -0.15) is 0 Å². The third-order valence-electron chi connectivity index (χ3n) is 4.28. The molecule has 0 spiro atoms. The van der Waals surface area contributed by atoms with Crippen LogP contribution in [-0.2, 0) is 4.79 Å². The number of hydrogen-bond acceptors (Lipinski definition) is 2. The molecule has 2 aromatic carbocycles. The molecule has 2 aromatic rings. The lowest BCUT2D eigenvalue weighted by Gasteiger charge is -2.25. The normalized spacial score (nSPS) is 16.9. The molecular formula is C19H19FN2O2. The molecule has 1 saturated heterocycles. The van der Waals surface area contributed by atoms with Crippen LogP contribution >= 0.6 is 0 Å². The first-order valence-corrected chi connectivity index (χ1v) is 8.04. The second kappa shape index (κ2) is 7.25.